The van der Waals surface area contributed by atoms with E-state index >= 15 is 0 Å². The van der Waals surface area contributed by atoms with E-state index in [4.69, 9.17) is 4.74 Å². The first kappa shape index (κ1) is 19.8. The molecule has 0 radical (unpaired) electrons. The lowest BCUT2D eigenvalue weighted by atomic mass is 9.88. The van der Waals surface area contributed by atoms with Crippen LogP contribution in [-0.2, 0) is 4.74 Å². The lowest BCUT2D eigenvalue weighted by Crippen LogP contribution is -2.10. The van der Waals surface area contributed by atoms with E-state index in [-0.39, 0.29) is 17.6 Å². The lowest BCUT2D eigenvalue weighted by molar-refractivity contribution is 0.138. The maximum Gasteiger partial charge on any atom is 0.116 e. The fraction of sp³-hybridized carbons (Fsp3) is 0.154. The zero-order valence-corrected chi connectivity index (χ0v) is 17.3. The van der Waals surface area contributed by atoms with E-state index in [0.717, 1.165) is 38.7 Å². The molecule has 4 aromatic carbocycles. The van der Waals surface area contributed by atoms with Gasteiger partial charge in [-0.1, -0.05) is 42.5 Å². The molecule has 0 saturated carbocycles. The summed E-state index contributed by atoms with van der Waals surface area (Å²) >= 11 is 0. The van der Waals surface area contributed by atoms with Crippen LogP contribution in [0.5, 0.6) is 11.5 Å². The van der Waals surface area contributed by atoms with E-state index in [9.17, 15) is 10.2 Å². The number of fused-ring (bicyclic) bond motifs is 1. The second-order valence-corrected chi connectivity index (χ2v) is 7.58. The molecule has 4 heteroatoms. The van der Waals surface area contributed by atoms with Gasteiger partial charge in [-0.15, -0.1) is 0 Å². The minimum atomic E-state index is -0.293. The summed E-state index contributed by atoms with van der Waals surface area (Å²) in [6.45, 7) is 0. The minimum absolute atomic E-state index is 0.230. The van der Waals surface area contributed by atoms with Gasteiger partial charge in [0.2, 0.25) is 0 Å². The number of ether oxygens (including phenoxy) is 1. The predicted octanol–water partition coefficient (Wildman–Crippen LogP) is 5.72. The second kappa shape index (κ2) is 8.09. The summed E-state index contributed by atoms with van der Waals surface area (Å²) in [5.74, 6) is 0.462. The molecule has 1 atom stereocenters. The van der Waals surface area contributed by atoms with Gasteiger partial charge in [-0.05, 0) is 63.9 Å². The zero-order valence-electron chi connectivity index (χ0n) is 17.3. The summed E-state index contributed by atoms with van der Waals surface area (Å²) in [5.41, 5.74) is 5.21. The van der Waals surface area contributed by atoms with Gasteiger partial charge in [0.25, 0.3) is 0 Å². The average Bonchev–Trinajstić information content (AvgIpc) is 2.75. The standard InChI is InChI=1S/C26H25NO3/c1-27(2)20-9-4-18(5-10-20)26(30-3)25-23(17-6-11-21(28)12-7-17)14-8-19-16-22(29)13-15-24(19)25/h4-16,26,28-29H,1-3H3. The number of methoxy groups -OCH3 is 1. The molecule has 0 aliphatic heterocycles. The van der Waals surface area contributed by atoms with Crippen LogP contribution in [0.25, 0.3) is 21.9 Å². The fourth-order valence-corrected chi connectivity index (χ4v) is 3.88. The fourth-order valence-electron chi connectivity index (χ4n) is 3.88. The molecule has 0 aliphatic carbocycles. The van der Waals surface area contributed by atoms with Crippen molar-refractivity contribution in [2.75, 3.05) is 26.1 Å². The first-order chi connectivity index (χ1) is 14.5. The summed E-state index contributed by atoms with van der Waals surface area (Å²) in [4.78, 5) is 2.06. The van der Waals surface area contributed by atoms with Crippen molar-refractivity contribution in [1.29, 1.82) is 0 Å². The van der Waals surface area contributed by atoms with E-state index in [2.05, 4.69) is 29.2 Å². The second-order valence-electron chi connectivity index (χ2n) is 7.58. The zero-order chi connectivity index (χ0) is 21.3. The Hall–Kier alpha value is -3.50. The summed E-state index contributed by atoms with van der Waals surface area (Å²) in [7, 11) is 5.75. The Bertz CT molecular complexity index is 1170. The van der Waals surface area contributed by atoms with E-state index in [1.54, 1.807) is 31.4 Å². The summed E-state index contributed by atoms with van der Waals surface area (Å²) in [6, 6.07) is 25.0. The Morgan fingerprint density at radius 1 is 0.767 bits per heavy atom. The van der Waals surface area contributed by atoms with Crippen molar-refractivity contribution in [3.63, 3.8) is 0 Å². The van der Waals surface area contributed by atoms with Crippen LogP contribution in [0.2, 0.25) is 0 Å². The van der Waals surface area contributed by atoms with Gasteiger partial charge < -0.3 is 19.8 Å². The van der Waals surface area contributed by atoms with Gasteiger partial charge >= 0.3 is 0 Å². The SMILES string of the molecule is COC(c1ccc(N(C)C)cc1)c1c(-c2ccc(O)cc2)ccc2cc(O)ccc12. The minimum Gasteiger partial charge on any atom is -0.508 e. The molecule has 4 nitrogen and oxygen atoms in total. The highest BCUT2D eigenvalue weighted by atomic mass is 16.5. The molecule has 0 amide bonds. The van der Waals surface area contributed by atoms with Gasteiger partial charge in [-0.25, -0.2) is 0 Å². The van der Waals surface area contributed by atoms with Crippen LogP contribution < -0.4 is 4.90 Å². The van der Waals surface area contributed by atoms with E-state index in [1.807, 2.05) is 44.4 Å². The van der Waals surface area contributed by atoms with Crippen molar-refractivity contribution < 1.29 is 14.9 Å². The number of hydrogen-bond acceptors (Lipinski definition) is 4. The van der Waals surface area contributed by atoms with Crippen LogP contribution in [0.4, 0.5) is 5.69 Å². The highest BCUT2D eigenvalue weighted by Gasteiger charge is 2.21. The van der Waals surface area contributed by atoms with E-state index < -0.39 is 0 Å². The normalized spacial score (nSPS) is 12.1. The van der Waals surface area contributed by atoms with Crippen molar-refractivity contribution in [1.82, 2.24) is 0 Å². The van der Waals surface area contributed by atoms with Gasteiger partial charge in [-0.2, -0.15) is 0 Å². The first-order valence-corrected chi connectivity index (χ1v) is 9.83. The van der Waals surface area contributed by atoms with Crippen LogP contribution >= 0.6 is 0 Å². The summed E-state index contributed by atoms with van der Waals surface area (Å²) in [6.07, 6.45) is -0.293. The maximum atomic E-state index is 9.97. The number of hydrogen-bond donors (Lipinski definition) is 2. The Labute approximate surface area is 176 Å². The smallest absolute Gasteiger partial charge is 0.116 e. The Morgan fingerprint density at radius 2 is 1.43 bits per heavy atom. The van der Waals surface area contributed by atoms with Crippen molar-refractivity contribution in [2.45, 2.75) is 6.10 Å². The first-order valence-electron chi connectivity index (χ1n) is 9.83. The third-order valence-electron chi connectivity index (χ3n) is 5.43. The van der Waals surface area contributed by atoms with Gasteiger partial charge in [0.15, 0.2) is 0 Å². The number of nitrogens with zero attached hydrogens (tertiary/aromatic N) is 1. The molecule has 0 fully saturated rings. The average molecular weight is 399 g/mol. The monoisotopic (exact) mass is 399 g/mol. The third-order valence-corrected chi connectivity index (χ3v) is 5.43. The number of benzene rings is 4. The third kappa shape index (κ3) is 3.70. The Morgan fingerprint density at radius 3 is 2.07 bits per heavy atom. The number of phenols is 2. The van der Waals surface area contributed by atoms with Crippen LogP contribution in [-0.4, -0.2) is 31.4 Å². The van der Waals surface area contributed by atoms with Gasteiger partial charge in [-0.3, -0.25) is 0 Å². The number of phenolic OH excluding ortho intramolecular Hbond substituents is 2. The van der Waals surface area contributed by atoms with E-state index in [1.165, 1.54) is 0 Å². The highest BCUT2D eigenvalue weighted by Crippen LogP contribution is 2.40. The Balaban J connectivity index is 1.95. The van der Waals surface area contributed by atoms with Crippen LogP contribution in [0.15, 0.2) is 78.9 Å². The van der Waals surface area contributed by atoms with Crippen molar-refractivity contribution in [3.05, 3.63) is 90.0 Å². The van der Waals surface area contributed by atoms with Crippen molar-refractivity contribution in [3.8, 4) is 22.6 Å². The van der Waals surface area contributed by atoms with Crippen molar-refractivity contribution in [2.24, 2.45) is 0 Å². The number of rotatable bonds is 5. The van der Waals surface area contributed by atoms with Gasteiger partial charge in [0.05, 0.1) is 0 Å². The quantitative estimate of drug-likeness (QED) is 0.451. The number of anilines is 1. The van der Waals surface area contributed by atoms with Crippen LogP contribution in [0.3, 0.4) is 0 Å². The molecule has 4 aromatic rings. The largest absolute Gasteiger partial charge is 0.508 e. The molecule has 0 saturated heterocycles. The van der Waals surface area contributed by atoms with Crippen LogP contribution in [0, 0.1) is 0 Å². The molecule has 4 rings (SSSR count). The van der Waals surface area contributed by atoms with Gasteiger partial charge in [0, 0.05) is 32.5 Å². The molecule has 2 N–H and O–H groups in total. The molecular weight excluding hydrogens is 374 g/mol. The summed E-state index contributed by atoms with van der Waals surface area (Å²) in [5, 5.41) is 21.7. The molecule has 152 valence electrons. The number of aromatic hydroxyl groups is 2. The van der Waals surface area contributed by atoms with Gasteiger partial charge in [0.1, 0.15) is 17.6 Å². The molecular formula is C26H25NO3. The van der Waals surface area contributed by atoms with Crippen molar-refractivity contribution >= 4 is 16.5 Å². The molecule has 30 heavy (non-hydrogen) atoms. The predicted molar refractivity (Wildman–Crippen MR) is 122 cm³/mol. The topological polar surface area (TPSA) is 52.9 Å². The summed E-state index contributed by atoms with van der Waals surface area (Å²) < 4.78 is 6.02. The molecule has 0 spiro atoms. The lowest BCUT2D eigenvalue weighted by Gasteiger charge is -2.23. The molecule has 0 aromatic heterocycles. The Kier molecular flexibility index (Phi) is 5.34. The molecule has 0 heterocycles. The molecule has 0 bridgehead atoms. The highest BCUT2D eigenvalue weighted by molar-refractivity contribution is 5.93. The molecule has 1 unspecified atom stereocenters. The van der Waals surface area contributed by atoms with Crippen LogP contribution in [0.1, 0.15) is 17.2 Å². The van der Waals surface area contributed by atoms with E-state index in [0.29, 0.717) is 0 Å². The molecule has 0 aliphatic rings. The maximum absolute atomic E-state index is 9.97.